The molecule has 0 radical (unpaired) electrons. The molecule has 0 aliphatic carbocycles. The SMILES string of the molecule is Cc1cc(N2CCN(Cc3ncoc3C(C)C)CC2)nc(N2CCOCC2)n1. The molecule has 0 aromatic carbocycles. The van der Waals surface area contributed by atoms with Gasteiger partial charge in [0.1, 0.15) is 11.6 Å². The molecule has 2 aromatic heterocycles. The maximum Gasteiger partial charge on any atom is 0.227 e. The van der Waals surface area contributed by atoms with Gasteiger partial charge in [-0.2, -0.15) is 4.98 Å². The lowest BCUT2D eigenvalue weighted by Crippen LogP contribution is -2.46. The Kier molecular flexibility index (Phi) is 5.77. The zero-order chi connectivity index (χ0) is 19.5. The van der Waals surface area contributed by atoms with E-state index >= 15 is 0 Å². The lowest BCUT2D eigenvalue weighted by molar-refractivity contribution is 0.122. The van der Waals surface area contributed by atoms with Gasteiger partial charge in [0.05, 0.1) is 18.9 Å². The zero-order valence-electron chi connectivity index (χ0n) is 17.1. The molecule has 2 saturated heterocycles. The van der Waals surface area contributed by atoms with E-state index in [1.54, 1.807) is 6.39 Å². The number of hydrogen-bond acceptors (Lipinski definition) is 8. The quantitative estimate of drug-likeness (QED) is 0.773. The normalized spacial score (nSPS) is 18.9. The van der Waals surface area contributed by atoms with E-state index in [1.807, 2.05) is 6.92 Å². The summed E-state index contributed by atoms with van der Waals surface area (Å²) in [5, 5.41) is 0. The van der Waals surface area contributed by atoms with Crippen LogP contribution in [0, 0.1) is 6.92 Å². The molecule has 152 valence electrons. The second-order valence-electron chi connectivity index (χ2n) is 7.85. The summed E-state index contributed by atoms with van der Waals surface area (Å²) >= 11 is 0. The Morgan fingerprint density at radius 3 is 2.46 bits per heavy atom. The highest BCUT2D eigenvalue weighted by atomic mass is 16.5. The van der Waals surface area contributed by atoms with Crippen LogP contribution in [-0.4, -0.2) is 72.3 Å². The largest absolute Gasteiger partial charge is 0.448 e. The molecule has 0 N–H and O–H groups in total. The van der Waals surface area contributed by atoms with Crippen LogP contribution >= 0.6 is 0 Å². The molecule has 2 fully saturated rings. The van der Waals surface area contributed by atoms with Crippen molar-refractivity contribution in [3.8, 4) is 0 Å². The minimum absolute atomic E-state index is 0.362. The summed E-state index contributed by atoms with van der Waals surface area (Å²) in [7, 11) is 0. The average molecular weight is 387 g/mol. The van der Waals surface area contributed by atoms with E-state index in [9.17, 15) is 0 Å². The van der Waals surface area contributed by atoms with Crippen LogP contribution in [0.15, 0.2) is 16.9 Å². The molecule has 0 bridgehead atoms. The third-order valence-electron chi connectivity index (χ3n) is 5.39. The van der Waals surface area contributed by atoms with Crippen molar-refractivity contribution in [1.29, 1.82) is 0 Å². The number of aromatic nitrogens is 3. The second-order valence-corrected chi connectivity index (χ2v) is 7.85. The maximum absolute atomic E-state index is 5.56. The van der Waals surface area contributed by atoms with Gasteiger partial charge in [-0.05, 0) is 6.92 Å². The molecular weight excluding hydrogens is 356 g/mol. The van der Waals surface area contributed by atoms with Crippen LogP contribution in [0.3, 0.4) is 0 Å². The summed E-state index contributed by atoms with van der Waals surface area (Å²) in [4.78, 5) is 21.0. The monoisotopic (exact) mass is 386 g/mol. The number of oxazole rings is 1. The number of rotatable bonds is 5. The average Bonchev–Trinajstić information content (AvgIpc) is 3.17. The Bertz CT molecular complexity index is 779. The molecule has 0 saturated carbocycles. The Balaban J connectivity index is 1.39. The number of aryl methyl sites for hydroxylation is 1. The first-order chi connectivity index (χ1) is 13.6. The standard InChI is InChI=1S/C20H30N6O2/c1-15(2)19-17(21-14-28-19)13-24-4-6-25(7-5-24)18-12-16(3)22-20(23-18)26-8-10-27-11-9-26/h12,14-15H,4-11,13H2,1-3H3. The molecule has 0 amide bonds. The summed E-state index contributed by atoms with van der Waals surface area (Å²) in [5.74, 6) is 3.22. The Morgan fingerprint density at radius 1 is 1.00 bits per heavy atom. The van der Waals surface area contributed by atoms with Gasteiger partial charge in [-0.3, -0.25) is 4.90 Å². The lowest BCUT2D eigenvalue weighted by Gasteiger charge is -2.36. The van der Waals surface area contributed by atoms with Gasteiger partial charge in [0.15, 0.2) is 6.39 Å². The highest BCUT2D eigenvalue weighted by Gasteiger charge is 2.23. The van der Waals surface area contributed by atoms with Crippen LogP contribution in [0.1, 0.15) is 36.9 Å². The molecule has 0 spiro atoms. The second kappa shape index (κ2) is 8.45. The third kappa shape index (κ3) is 4.28. The van der Waals surface area contributed by atoms with Crippen molar-refractivity contribution < 1.29 is 9.15 Å². The molecule has 2 aliphatic rings. The van der Waals surface area contributed by atoms with Crippen LogP contribution in [0.5, 0.6) is 0 Å². The smallest absolute Gasteiger partial charge is 0.227 e. The first kappa shape index (κ1) is 19.1. The van der Waals surface area contributed by atoms with E-state index in [0.29, 0.717) is 5.92 Å². The van der Waals surface area contributed by atoms with Crippen molar-refractivity contribution in [3.05, 3.63) is 29.6 Å². The summed E-state index contributed by atoms with van der Waals surface area (Å²) in [5.41, 5.74) is 2.08. The highest BCUT2D eigenvalue weighted by Crippen LogP contribution is 2.22. The molecule has 0 atom stereocenters. The zero-order valence-corrected chi connectivity index (χ0v) is 17.1. The van der Waals surface area contributed by atoms with Gasteiger partial charge >= 0.3 is 0 Å². The number of morpholine rings is 1. The molecule has 4 heterocycles. The summed E-state index contributed by atoms with van der Waals surface area (Å²) < 4.78 is 11.0. The van der Waals surface area contributed by atoms with E-state index < -0.39 is 0 Å². The fourth-order valence-corrected chi connectivity index (χ4v) is 3.82. The Labute approximate surface area is 166 Å². The van der Waals surface area contributed by atoms with Gasteiger partial charge in [0.2, 0.25) is 5.95 Å². The summed E-state index contributed by atoms with van der Waals surface area (Å²) in [6, 6.07) is 2.09. The Hall–Kier alpha value is -2.19. The molecule has 28 heavy (non-hydrogen) atoms. The summed E-state index contributed by atoms with van der Waals surface area (Å²) in [6.07, 6.45) is 1.57. The van der Waals surface area contributed by atoms with E-state index in [1.165, 1.54) is 0 Å². The minimum atomic E-state index is 0.362. The molecule has 8 nitrogen and oxygen atoms in total. The molecule has 2 aliphatic heterocycles. The van der Waals surface area contributed by atoms with Gasteiger partial charge in [-0.1, -0.05) is 13.8 Å². The van der Waals surface area contributed by atoms with Crippen molar-refractivity contribution in [1.82, 2.24) is 19.9 Å². The van der Waals surface area contributed by atoms with Gasteiger partial charge in [-0.15, -0.1) is 0 Å². The van der Waals surface area contributed by atoms with Crippen molar-refractivity contribution in [2.24, 2.45) is 0 Å². The van der Waals surface area contributed by atoms with Crippen LogP contribution in [-0.2, 0) is 11.3 Å². The minimum Gasteiger partial charge on any atom is -0.448 e. The van der Waals surface area contributed by atoms with Crippen molar-refractivity contribution in [2.75, 3.05) is 62.3 Å². The molecule has 0 unspecified atom stereocenters. The first-order valence-electron chi connectivity index (χ1n) is 10.2. The van der Waals surface area contributed by atoms with Crippen molar-refractivity contribution >= 4 is 11.8 Å². The van der Waals surface area contributed by atoms with E-state index in [-0.39, 0.29) is 0 Å². The first-order valence-corrected chi connectivity index (χ1v) is 10.2. The van der Waals surface area contributed by atoms with Gasteiger partial charge < -0.3 is 19.0 Å². The molecule has 8 heteroatoms. The van der Waals surface area contributed by atoms with Crippen molar-refractivity contribution in [3.63, 3.8) is 0 Å². The van der Waals surface area contributed by atoms with E-state index in [2.05, 4.69) is 44.6 Å². The van der Waals surface area contributed by atoms with E-state index in [0.717, 1.165) is 87.9 Å². The lowest BCUT2D eigenvalue weighted by atomic mass is 10.1. The topological polar surface area (TPSA) is 70.8 Å². The predicted octanol–water partition coefficient (Wildman–Crippen LogP) is 2.06. The maximum atomic E-state index is 5.56. The van der Waals surface area contributed by atoms with Crippen LogP contribution in [0.4, 0.5) is 11.8 Å². The number of nitrogens with zero attached hydrogens (tertiary/aromatic N) is 6. The number of hydrogen-bond donors (Lipinski definition) is 0. The van der Waals surface area contributed by atoms with Crippen LogP contribution in [0.2, 0.25) is 0 Å². The fourth-order valence-electron chi connectivity index (χ4n) is 3.82. The van der Waals surface area contributed by atoms with Crippen molar-refractivity contribution in [2.45, 2.75) is 33.2 Å². The third-order valence-corrected chi connectivity index (χ3v) is 5.39. The van der Waals surface area contributed by atoms with Gasteiger partial charge in [0.25, 0.3) is 0 Å². The molecular formula is C20H30N6O2. The Morgan fingerprint density at radius 2 is 1.75 bits per heavy atom. The highest BCUT2D eigenvalue weighted by molar-refractivity contribution is 5.46. The summed E-state index contributed by atoms with van der Waals surface area (Å²) in [6.45, 7) is 14.2. The van der Waals surface area contributed by atoms with Gasteiger partial charge in [-0.25, -0.2) is 9.97 Å². The number of piperazine rings is 1. The predicted molar refractivity (Wildman–Crippen MR) is 108 cm³/mol. The van der Waals surface area contributed by atoms with Gasteiger partial charge in [0, 0.05) is 63.5 Å². The molecule has 4 rings (SSSR count). The fraction of sp³-hybridized carbons (Fsp3) is 0.650. The van der Waals surface area contributed by atoms with Crippen LogP contribution in [0.25, 0.3) is 0 Å². The van der Waals surface area contributed by atoms with Crippen LogP contribution < -0.4 is 9.80 Å². The molecule has 2 aromatic rings. The number of anilines is 2. The number of ether oxygens (including phenoxy) is 1. The van der Waals surface area contributed by atoms with E-state index in [4.69, 9.17) is 14.1 Å².